The Hall–Kier alpha value is -3.17. The maximum absolute atomic E-state index is 12.1. The van der Waals surface area contributed by atoms with Gasteiger partial charge < -0.3 is 25.8 Å². The largest absolute Gasteiger partial charge is 0.491 e. The molecular formula is C20H23N5O3S. The Morgan fingerprint density at radius 3 is 2.55 bits per heavy atom. The molecule has 0 spiro atoms. The third-order valence-electron chi connectivity index (χ3n) is 3.88. The molecule has 1 unspecified atom stereocenters. The van der Waals surface area contributed by atoms with Crippen LogP contribution < -0.4 is 21.1 Å². The summed E-state index contributed by atoms with van der Waals surface area (Å²) in [7, 11) is 0.376. The van der Waals surface area contributed by atoms with Crippen molar-refractivity contribution in [1.29, 1.82) is 0 Å². The molecule has 9 heteroatoms. The lowest BCUT2D eigenvalue weighted by Crippen LogP contribution is -2.06. The molecule has 1 aromatic heterocycles. The van der Waals surface area contributed by atoms with Crippen molar-refractivity contribution in [2.45, 2.75) is 4.90 Å². The van der Waals surface area contributed by atoms with E-state index in [1.165, 1.54) is 0 Å². The summed E-state index contributed by atoms with van der Waals surface area (Å²) in [5, 5.41) is 6.30. The zero-order chi connectivity index (χ0) is 20.6. The molecule has 0 aliphatic rings. The molecule has 0 aliphatic carbocycles. The molecule has 0 fully saturated rings. The van der Waals surface area contributed by atoms with Crippen molar-refractivity contribution in [3.05, 3.63) is 54.7 Å². The van der Waals surface area contributed by atoms with Gasteiger partial charge in [0.2, 0.25) is 5.95 Å². The highest BCUT2D eigenvalue weighted by Gasteiger charge is 2.11. The molecule has 2 aromatic carbocycles. The minimum Gasteiger partial charge on any atom is -0.491 e. The summed E-state index contributed by atoms with van der Waals surface area (Å²) in [6.07, 6.45) is 3.13. The number of ether oxygens (including phenoxy) is 2. The second kappa shape index (κ2) is 9.85. The molecule has 8 nitrogen and oxygen atoms in total. The predicted molar refractivity (Wildman–Crippen MR) is 116 cm³/mol. The molecule has 152 valence electrons. The zero-order valence-electron chi connectivity index (χ0n) is 16.2. The van der Waals surface area contributed by atoms with E-state index in [1.54, 1.807) is 31.7 Å². The molecule has 0 radical (unpaired) electrons. The standard InChI is InChI=1S/C20H23N5O3S/c1-27-10-11-28-17-8-6-15(7-9-17)24-20-22-13-18(29(2)26)19(25-20)23-16-5-3-4-14(21)12-16/h3-9,12-13H,10-11,21H2,1-2H3,(H2,22,23,24,25). The molecule has 0 aliphatic heterocycles. The topological polar surface area (TPSA) is 111 Å². The van der Waals surface area contributed by atoms with Gasteiger partial charge in [-0.15, -0.1) is 0 Å². The molecule has 4 N–H and O–H groups in total. The second-order valence-electron chi connectivity index (χ2n) is 6.10. The first-order valence-corrected chi connectivity index (χ1v) is 10.4. The molecule has 0 saturated heterocycles. The maximum Gasteiger partial charge on any atom is 0.229 e. The third-order valence-corrected chi connectivity index (χ3v) is 4.80. The number of benzene rings is 2. The molecule has 0 amide bonds. The maximum atomic E-state index is 12.1. The summed E-state index contributed by atoms with van der Waals surface area (Å²) in [5.41, 5.74) is 7.99. The number of rotatable bonds is 9. The lowest BCUT2D eigenvalue weighted by molar-refractivity contribution is 0.146. The summed E-state index contributed by atoms with van der Waals surface area (Å²) in [5.74, 6) is 1.57. The highest BCUT2D eigenvalue weighted by Crippen LogP contribution is 2.25. The summed E-state index contributed by atoms with van der Waals surface area (Å²) >= 11 is 0. The number of nitrogens with zero attached hydrogens (tertiary/aromatic N) is 2. The van der Waals surface area contributed by atoms with Gasteiger partial charge in [0, 0.05) is 30.4 Å². The smallest absolute Gasteiger partial charge is 0.229 e. The first-order valence-electron chi connectivity index (χ1n) is 8.87. The van der Waals surface area contributed by atoms with Crippen LogP contribution in [0.3, 0.4) is 0 Å². The van der Waals surface area contributed by atoms with Crippen molar-refractivity contribution in [3.8, 4) is 5.75 Å². The lowest BCUT2D eigenvalue weighted by Gasteiger charge is -2.12. The van der Waals surface area contributed by atoms with E-state index in [0.717, 1.165) is 17.1 Å². The van der Waals surface area contributed by atoms with Crippen molar-refractivity contribution in [2.75, 3.05) is 42.9 Å². The van der Waals surface area contributed by atoms with Crippen LogP contribution in [0.1, 0.15) is 0 Å². The monoisotopic (exact) mass is 413 g/mol. The summed E-state index contributed by atoms with van der Waals surface area (Å²) in [6.45, 7) is 1.02. The van der Waals surface area contributed by atoms with Gasteiger partial charge in [-0.1, -0.05) is 6.07 Å². The summed E-state index contributed by atoms with van der Waals surface area (Å²) in [4.78, 5) is 9.25. The van der Waals surface area contributed by atoms with E-state index in [4.69, 9.17) is 15.2 Å². The molecular weight excluding hydrogens is 390 g/mol. The van der Waals surface area contributed by atoms with Gasteiger partial charge in [0.05, 0.1) is 28.5 Å². The highest BCUT2D eigenvalue weighted by atomic mass is 32.2. The van der Waals surface area contributed by atoms with E-state index < -0.39 is 10.8 Å². The van der Waals surface area contributed by atoms with Crippen molar-refractivity contribution in [1.82, 2.24) is 9.97 Å². The van der Waals surface area contributed by atoms with Crippen LogP contribution in [0, 0.1) is 0 Å². The summed E-state index contributed by atoms with van der Waals surface area (Å²) in [6, 6.07) is 14.7. The second-order valence-corrected chi connectivity index (χ2v) is 7.45. The molecule has 0 saturated carbocycles. The van der Waals surface area contributed by atoms with Crippen molar-refractivity contribution in [3.63, 3.8) is 0 Å². The number of aromatic nitrogens is 2. The number of nitrogens with one attached hydrogen (secondary N) is 2. The van der Waals surface area contributed by atoms with Crippen LogP contribution in [0.25, 0.3) is 0 Å². The molecule has 3 rings (SSSR count). The molecule has 1 heterocycles. The minimum absolute atomic E-state index is 0.374. The number of nitrogens with two attached hydrogens (primary N) is 1. The van der Waals surface area contributed by atoms with E-state index in [2.05, 4.69) is 20.6 Å². The fourth-order valence-electron chi connectivity index (χ4n) is 2.49. The molecule has 0 bridgehead atoms. The Kier molecular flexibility index (Phi) is 6.99. The minimum atomic E-state index is -1.25. The number of hydrogen-bond donors (Lipinski definition) is 3. The number of hydrogen-bond acceptors (Lipinski definition) is 8. The first kappa shape index (κ1) is 20.6. The van der Waals surface area contributed by atoms with Gasteiger partial charge in [-0.25, -0.2) is 4.98 Å². The normalized spacial score (nSPS) is 11.7. The summed E-state index contributed by atoms with van der Waals surface area (Å²) < 4.78 is 22.6. The van der Waals surface area contributed by atoms with E-state index in [0.29, 0.717) is 35.6 Å². The van der Waals surface area contributed by atoms with Gasteiger partial charge in [-0.05, 0) is 42.5 Å². The predicted octanol–water partition coefficient (Wildman–Crippen LogP) is 3.31. The zero-order valence-corrected chi connectivity index (χ0v) is 17.0. The Balaban J connectivity index is 1.77. The lowest BCUT2D eigenvalue weighted by atomic mass is 10.3. The van der Waals surface area contributed by atoms with Crippen LogP contribution in [-0.4, -0.2) is 40.8 Å². The molecule has 3 aromatic rings. The van der Waals surface area contributed by atoms with Gasteiger partial charge in [-0.2, -0.15) is 4.98 Å². The first-order chi connectivity index (χ1) is 14.0. The van der Waals surface area contributed by atoms with E-state index in [-0.39, 0.29) is 0 Å². The van der Waals surface area contributed by atoms with Crippen LogP contribution in [0.5, 0.6) is 5.75 Å². The van der Waals surface area contributed by atoms with E-state index >= 15 is 0 Å². The van der Waals surface area contributed by atoms with Crippen LogP contribution in [0.2, 0.25) is 0 Å². The fourth-order valence-corrected chi connectivity index (χ4v) is 3.06. The van der Waals surface area contributed by atoms with Gasteiger partial charge in [0.25, 0.3) is 0 Å². The van der Waals surface area contributed by atoms with Gasteiger partial charge in [0.15, 0.2) is 5.82 Å². The average molecular weight is 414 g/mol. The van der Waals surface area contributed by atoms with Crippen LogP contribution in [-0.2, 0) is 15.5 Å². The van der Waals surface area contributed by atoms with E-state index in [9.17, 15) is 4.21 Å². The average Bonchev–Trinajstić information content (AvgIpc) is 2.69. The Labute approximate surface area is 171 Å². The van der Waals surface area contributed by atoms with Crippen LogP contribution in [0.15, 0.2) is 59.6 Å². The quantitative estimate of drug-likeness (QED) is 0.362. The Morgan fingerprint density at radius 2 is 1.86 bits per heavy atom. The van der Waals surface area contributed by atoms with Crippen molar-refractivity contribution < 1.29 is 13.7 Å². The number of nitrogen functional groups attached to an aromatic ring is 1. The van der Waals surface area contributed by atoms with Crippen molar-refractivity contribution >= 4 is 39.6 Å². The highest BCUT2D eigenvalue weighted by molar-refractivity contribution is 7.84. The van der Waals surface area contributed by atoms with Crippen molar-refractivity contribution in [2.24, 2.45) is 0 Å². The third kappa shape index (κ3) is 5.90. The molecule has 29 heavy (non-hydrogen) atoms. The van der Waals surface area contributed by atoms with Crippen LogP contribution >= 0.6 is 0 Å². The number of methoxy groups -OCH3 is 1. The Morgan fingerprint density at radius 1 is 1.07 bits per heavy atom. The van der Waals surface area contributed by atoms with Gasteiger partial charge in [-0.3, -0.25) is 4.21 Å². The van der Waals surface area contributed by atoms with E-state index in [1.807, 2.05) is 36.4 Å². The SMILES string of the molecule is COCCOc1ccc(Nc2ncc(S(C)=O)c(Nc3cccc(N)c3)n2)cc1. The van der Waals surface area contributed by atoms with Gasteiger partial charge >= 0.3 is 0 Å². The molecule has 1 atom stereocenters. The fraction of sp³-hybridized carbons (Fsp3) is 0.200. The van der Waals surface area contributed by atoms with Gasteiger partial charge in [0.1, 0.15) is 12.4 Å². The van der Waals surface area contributed by atoms with Crippen LogP contribution in [0.4, 0.5) is 28.8 Å². The Bertz CT molecular complexity index is 982. The number of anilines is 5.